The predicted octanol–water partition coefficient (Wildman–Crippen LogP) is 1.79. The summed E-state index contributed by atoms with van der Waals surface area (Å²) in [5.74, 6) is 0.896. The first-order valence-corrected chi connectivity index (χ1v) is 7.57. The standard InChI is InChI=1S/C15H26N2O2/c1-3-12-4-5-13(7-16)15(6-12)17-8-11(2)19-14(9-17)10-18/h11-15,18H,3-6,8-10H2,1-2H3. The van der Waals surface area contributed by atoms with E-state index in [4.69, 9.17) is 4.74 Å². The lowest BCUT2D eigenvalue weighted by Crippen LogP contribution is -2.55. The van der Waals surface area contributed by atoms with E-state index >= 15 is 0 Å². The van der Waals surface area contributed by atoms with E-state index in [2.05, 4.69) is 24.8 Å². The normalized spacial score (nSPS) is 40.8. The van der Waals surface area contributed by atoms with Gasteiger partial charge >= 0.3 is 0 Å². The molecule has 0 bridgehead atoms. The average Bonchev–Trinajstić information content (AvgIpc) is 2.45. The molecule has 2 aliphatic rings. The Labute approximate surface area is 116 Å². The van der Waals surface area contributed by atoms with Crippen molar-refractivity contribution in [1.82, 2.24) is 4.90 Å². The van der Waals surface area contributed by atoms with Crippen LogP contribution in [-0.2, 0) is 4.74 Å². The van der Waals surface area contributed by atoms with Crippen molar-refractivity contribution in [3.05, 3.63) is 0 Å². The van der Waals surface area contributed by atoms with E-state index in [0.717, 1.165) is 31.8 Å². The number of morpholine rings is 1. The second kappa shape index (κ2) is 6.69. The number of aliphatic hydroxyl groups is 1. The van der Waals surface area contributed by atoms with E-state index in [9.17, 15) is 10.4 Å². The van der Waals surface area contributed by atoms with E-state index in [-0.39, 0.29) is 24.7 Å². The van der Waals surface area contributed by atoms with Gasteiger partial charge in [0, 0.05) is 19.1 Å². The van der Waals surface area contributed by atoms with Gasteiger partial charge in [0.25, 0.3) is 0 Å². The molecular formula is C15H26N2O2. The summed E-state index contributed by atoms with van der Waals surface area (Å²) >= 11 is 0. The van der Waals surface area contributed by atoms with Gasteiger partial charge in [-0.3, -0.25) is 4.90 Å². The van der Waals surface area contributed by atoms with Crippen molar-refractivity contribution in [2.75, 3.05) is 19.7 Å². The molecule has 5 unspecified atom stereocenters. The fraction of sp³-hybridized carbons (Fsp3) is 0.933. The van der Waals surface area contributed by atoms with Gasteiger partial charge in [-0.05, 0) is 32.1 Å². The van der Waals surface area contributed by atoms with Crippen molar-refractivity contribution < 1.29 is 9.84 Å². The van der Waals surface area contributed by atoms with E-state index in [0.29, 0.717) is 6.04 Å². The number of rotatable bonds is 3. The average molecular weight is 266 g/mol. The third kappa shape index (κ3) is 3.47. The molecule has 1 aliphatic heterocycles. The lowest BCUT2D eigenvalue weighted by molar-refractivity contribution is -0.113. The Morgan fingerprint density at radius 3 is 2.79 bits per heavy atom. The van der Waals surface area contributed by atoms with Gasteiger partial charge in [-0.2, -0.15) is 5.26 Å². The monoisotopic (exact) mass is 266 g/mol. The second-order valence-electron chi connectivity index (χ2n) is 6.10. The van der Waals surface area contributed by atoms with E-state index in [1.165, 1.54) is 12.8 Å². The summed E-state index contributed by atoms with van der Waals surface area (Å²) in [6, 6.07) is 2.85. The van der Waals surface area contributed by atoms with Crippen LogP contribution in [0.2, 0.25) is 0 Å². The molecule has 1 saturated carbocycles. The van der Waals surface area contributed by atoms with Crippen molar-refractivity contribution in [2.45, 2.75) is 57.8 Å². The molecule has 2 fully saturated rings. The summed E-state index contributed by atoms with van der Waals surface area (Å²) in [6.07, 6.45) is 4.60. The molecule has 1 saturated heterocycles. The first kappa shape index (κ1) is 14.8. The summed E-state index contributed by atoms with van der Waals surface area (Å²) in [4.78, 5) is 2.39. The summed E-state index contributed by atoms with van der Waals surface area (Å²) in [5.41, 5.74) is 0. The Bertz CT molecular complexity index is 329. The Balaban J connectivity index is 2.05. The molecule has 2 rings (SSSR count). The largest absolute Gasteiger partial charge is 0.394 e. The number of nitriles is 1. The van der Waals surface area contributed by atoms with Crippen LogP contribution in [0.1, 0.15) is 39.5 Å². The zero-order chi connectivity index (χ0) is 13.8. The van der Waals surface area contributed by atoms with E-state index in [1.807, 2.05) is 0 Å². The van der Waals surface area contributed by atoms with Gasteiger partial charge in [0.1, 0.15) is 0 Å². The van der Waals surface area contributed by atoms with Crippen LogP contribution in [0, 0.1) is 23.2 Å². The van der Waals surface area contributed by atoms with Crippen LogP contribution in [0.15, 0.2) is 0 Å². The molecule has 108 valence electrons. The van der Waals surface area contributed by atoms with Gasteiger partial charge in [-0.25, -0.2) is 0 Å². The third-order valence-corrected chi connectivity index (χ3v) is 4.70. The maximum absolute atomic E-state index is 9.38. The van der Waals surface area contributed by atoms with Gasteiger partial charge in [-0.15, -0.1) is 0 Å². The molecule has 0 aromatic carbocycles. The highest BCUT2D eigenvalue weighted by molar-refractivity contribution is 4.99. The number of hydrogen-bond acceptors (Lipinski definition) is 4. The molecule has 0 aromatic rings. The highest BCUT2D eigenvalue weighted by Gasteiger charge is 2.37. The zero-order valence-electron chi connectivity index (χ0n) is 12.1. The number of nitrogens with zero attached hydrogens (tertiary/aromatic N) is 2. The molecule has 0 radical (unpaired) electrons. The summed E-state index contributed by atoms with van der Waals surface area (Å²) in [5, 5.41) is 18.7. The zero-order valence-corrected chi connectivity index (χ0v) is 12.1. The Hall–Kier alpha value is -0.630. The van der Waals surface area contributed by atoms with Crippen molar-refractivity contribution in [1.29, 1.82) is 5.26 Å². The van der Waals surface area contributed by atoms with Gasteiger partial charge in [0.05, 0.1) is 30.8 Å². The first-order valence-electron chi connectivity index (χ1n) is 7.57. The highest BCUT2D eigenvalue weighted by Crippen LogP contribution is 2.34. The van der Waals surface area contributed by atoms with Crippen LogP contribution in [0.25, 0.3) is 0 Å². The summed E-state index contributed by atoms with van der Waals surface area (Å²) < 4.78 is 5.70. The molecule has 4 nitrogen and oxygen atoms in total. The van der Waals surface area contributed by atoms with Crippen molar-refractivity contribution in [3.63, 3.8) is 0 Å². The number of hydrogen-bond donors (Lipinski definition) is 1. The molecule has 1 heterocycles. The van der Waals surface area contributed by atoms with Gasteiger partial charge in [0.15, 0.2) is 0 Å². The maximum Gasteiger partial charge on any atom is 0.0936 e. The smallest absolute Gasteiger partial charge is 0.0936 e. The number of ether oxygens (including phenoxy) is 1. The minimum atomic E-state index is -0.0925. The molecule has 0 spiro atoms. The van der Waals surface area contributed by atoms with Crippen LogP contribution in [0.3, 0.4) is 0 Å². The fourth-order valence-electron chi connectivity index (χ4n) is 3.61. The molecule has 0 amide bonds. The maximum atomic E-state index is 9.38. The van der Waals surface area contributed by atoms with E-state index in [1.54, 1.807) is 0 Å². The van der Waals surface area contributed by atoms with Gasteiger partial charge in [0.2, 0.25) is 0 Å². The Kier molecular flexibility index (Phi) is 5.20. The summed E-state index contributed by atoms with van der Waals surface area (Å²) in [6.45, 7) is 6.01. The first-order chi connectivity index (χ1) is 9.17. The Morgan fingerprint density at radius 1 is 1.37 bits per heavy atom. The van der Waals surface area contributed by atoms with E-state index < -0.39 is 0 Å². The number of aliphatic hydroxyl groups excluding tert-OH is 1. The van der Waals surface area contributed by atoms with Crippen LogP contribution < -0.4 is 0 Å². The second-order valence-corrected chi connectivity index (χ2v) is 6.10. The summed E-state index contributed by atoms with van der Waals surface area (Å²) in [7, 11) is 0. The molecule has 4 heteroatoms. The van der Waals surface area contributed by atoms with Crippen molar-refractivity contribution >= 4 is 0 Å². The minimum absolute atomic E-state index is 0.0714. The molecule has 1 aliphatic carbocycles. The minimum Gasteiger partial charge on any atom is -0.394 e. The van der Waals surface area contributed by atoms with Crippen LogP contribution in [-0.4, -0.2) is 48.0 Å². The van der Waals surface area contributed by atoms with Gasteiger partial charge in [-0.1, -0.05) is 13.3 Å². The van der Waals surface area contributed by atoms with Crippen LogP contribution in [0.5, 0.6) is 0 Å². The Morgan fingerprint density at radius 2 is 2.16 bits per heavy atom. The lowest BCUT2D eigenvalue weighted by Gasteiger charge is -2.45. The SMILES string of the molecule is CCC1CCC(C#N)C(N2CC(C)OC(CO)C2)C1. The van der Waals surface area contributed by atoms with Crippen molar-refractivity contribution in [2.24, 2.45) is 11.8 Å². The van der Waals surface area contributed by atoms with Crippen LogP contribution >= 0.6 is 0 Å². The van der Waals surface area contributed by atoms with Crippen molar-refractivity contribution in [3.8, 4) is 6.07 Å². The fourth-order valence-corrected chi connectivity index (χ4v) is 3.61. The molecule has 1 N–H and O–H groups in total. The quantitative estimate of drug-likeness (QED) is 0.846. The molecule has 0 aromatic heterocycles. The van der Waals surface area contributed by atoms with Gasteiger partial charge < -0.3 is 9.84 Å². The predicted molar refractivity (Wildman–Crippen MR) is 73.5 cm³/mol. The molecular weight excluding hydrogens is 240 g/mol. The van der Waals surface area contributed by atoms with Crippen LogP contribution in [0.4, 0.5) is 0 Å². The topological polar surface area (TPSA) is 56.5 Å². The molecule has 5 atom stereocenters. The third-order valence-electron chi connectivity index (χ3n) is 4.70. The lowest BCUT2D eigenvalue weighted by atomic mass is 9.77. The molecule has 19 heavy (non-hydrogen) atoms. The highest BCUT2D eigenvalue weighted by atomic mass is 16.5.